The lowest BCUT2D eigenvalue weighted by molar-refractivity contribution is -0.131. The SMILES string of the molecule is C=C(F)C(=O)N1CCN(c2nc(OCC34CCCN3C[C@H](F)C4)cc3c2CCN(c2cccc4c2CCCS4)C3)C[C@@H]1CC#N. The Kier molecular flexibility index (Phi) is 8.38. The third-order valence-corrected chi connectivity index (χ3v) is 11.5. The van der Waals surface area contributed by atoms with E-state index in [2.05, 4.69) is 51.6 Å². The number of fused-ring (bicyclic) bond motifs is 3. The molecular weight excluding hydrogens is 594 g/mol. The second kappa shape index (κ2) is 12.4. The average molecular weight is 635 g/mol. The predicted molar refractivity (Wildman–Crippen MR) is 171 cm³/mol. The van der Waals surface area contributed by atoms with Crippen LogP contribution in [0.5, 0.6) is 5.88 Å². The summed E-state index contributed by atoms with van der Waals surface area (Å²) in [5.41, 5.74) is 4.72. The van der Waals surface area contributed by atoms with Crippen LogP contribution in [0.25, 0.3) is 0 Å². The highest BCUT2D eigenvalue weighted by atomic mass is 32.2. The van der Waals surface area contributed by atoms with E-state index in [-0.39, 0.29) is 18.5 Å². The van der Waals surface area contributed by atoms with Crippen LogP contribution in [0.1, 0.15) is 48.8 Å². The second-order valence-corrected chi connectivity index (χ2v) is 14.2. The van der Waals surface area contributed by atoms with Crippen LogP contribution in [0.2, 0.25) is 0 Å². The molecule has 0 N–H and O–H groups in total. The lowest BCUT2D eigenvalue weighted by Gasteiger charge is -2.42. The number of hydrogen-bond acceptors (Lipinski definition) is 8. The average Bonchev–Trinajstić information content (AvgIpc) is 3.58. The summed E-state index contributed by atoms with van der Waals surface area (Å²) < 4.78 is 34.9. The number of carbonyl (C=O) groups is 1. The number of alkyl halides is 1. The minimum absolute atomic E-state index is 0.0849. The summed E-state index contributed by atoms with van der Waals surface area (Å²) in [7, 11) is 0. The summed E-state index contributed by atoms with van der Waals surface area (Å²) in [6, 6.07) is 10.4. The van der Waals surface area contributed by atoms with E-state index in [0.717, 1.165) is 61.5 Å². The Balaban J connectivity index is 1.21. The Bertz CT molecular complexity index is 1530. The van der Waals surface area contributed by atoms with E-state index < -0.39 is 23.9 Å². The van der Waals surface area contributed by atoms with Gasteiger partial charge in [-0.25, -0.2) is 8.78 Å². The van der Waals surface area contributed by atoms with E-state index in [1.807, 2.05) is 11.8 Å². The second-order valence-electron chi connectivity index (χ2n) is 13.0. The molecule has 45 heavy (non-hydrogen) atoms. The van der Waals surface area contributed by atoms with E-state index in [4.69, 9.17) is 9.72 Å². The number of piperazine rings is 1. The van der Waals surface area contributed by atoms with Gasteiger partial charge < -0.3 is 19.4 Å². The van der Waals surface area contributed by atoms with Crippen molar-refractivity contribution in [1.82, 2.24) is 14.8 Å². The molecule has 3 saturated heterocycles. The number of nitriles is 1. The lowest BCUT2D eigenvalue weighted by Crippen LogP contribution is -2.55. The molecule has 5 aliphatic rings. The van der Waals surface area contributed by atoms with Crippen molar-refractivity contribution in [2.24, 2.45) is 0 Å². The molecule has 3 fully saturated rings. The van der Waals surface area contributed by atoms with Crippen LogP contribution in [-0.4, -0.2) is 90.1 Å². The molecule has 238 valence electrons. The van der Waals surface area contributed by atoms with Crippen molar-refractivity contribution < 1.29 is 18.3 Å². The van der Waals surface area contributed by atoms with Gasteiger partial charge in [-0.1, -0.05) is 12.6 Å². The maximum atomic E-state index is 14.5. The number of nitrogens with zero attached hydrogens (tertiary/aromatic N) is 6. The van der Waals surface area contributed by atoms with Crippen molar-refractivity contribution in [2.75, 3.05) is 61.4 Å². The third kappa shape index (κ3) is 5.76. The molecule has 5 aliphatic heterocycles. The number of aromatic nitrogens is 1. The van der Waals surface area contributed by atoms with Gasteiger partial charge in [-0.3, -0.25) is 9.69 Å². The normalized spacial score (nSPS) is 26.2. The summed E-state index contributed by atoms with van der Waals surface area (Å²) in [6.45, 7) is 7.61. The minimum atomic E-state index is -1.01. The lowest BCUT2D eigenvalue weighted by atomic mass is 9.94. The van der Waals surface area contributed by atoms with Gasteiger partial charge in [0.25, 0.3) is 5.91 Å². The van der Waals surface area contributed by atoms with Crippen LogP contribution in [0.4, 0.5) is 20.3 Å². The number of anilines is 2. The number of thioether (sulfide) groups is 1. The largest absolute Gasteiger partial charge is 0.476 e. The van der Waals surface area contributed by atoms with Crippen LogP contribution >= 0.6 is 11.8 Å². The number of pyridine rings is 1. The molecule has 0 aliphatic carbocycles. The zero-order valence-electron chi connectivity index (χ0n) is 25.6. The molecule has 8 nitrogen and oxygen atoms in total. The van der Waals surface area contributed by atoms with Crippen LogP contribution in [-0.2, 0) is 24.2 Å². The van der Waals surface area contributed by atoms with Crippen LogP contribution in [0.3, 0.4) is 0 Å². The molecule has 3 atom stereocenters. The molecule has 0 saturated carbocycles. The number of halogens is 2. The highest BCUT2D eigenvalue weighted by Crippen LogP contribution is 2.42. The van der Waals surface area contributed by atoms with Crippen LogP contribution < -0.4 is 14.5 Å². The highest BCUT2D eigenvalue weighted by Gasteiger charge is 2.49. The van der Waals surface area contributed by atoms with E-state index in [0.29, 0.717) is 45.1 Å². The van der Waals surface area contributed by atoms with Gasteiger partial charge in [-0.2, -0.15) is 10.2 Å². The number of carbonyl (C=O) groups excluding carboxylic acids is 1. The Morgan fingerprint density at radius 3 is 2.89 bits per heavy atom. The van der Waals surface area contributed by atoms with Crippen LogP contribution in [0, 0.1) is 11.3 Å². The Hall–Kier alpha value is -3.36. The van der Waals surface area contributed by atoms with E-state index in [1.165, 1.54) is 27.5 Å². The van der Waals surface area contributed by atoms with Crippen molar-refractivity contribution in [3.8, 4) is 11.9 Å². The summed E-state index contributed by atoms with van der Waals surface area (Å²) in [6.07, 6.45) is 4.76. The number of hydrogen-bond donors (Lipinski definition) is 0. The van der Waals surface area contributed by atoms with Gasteiger partial charge in [0, 0.05) is 67.9 Å². The molecule has 1 unspecified atom stereocenters. The number of ether oxygens (including phenoxy) is 1. The monoisotopic (exact) mass is 634 g/mol. The summed E-state index contributed by atoms with van der Waals surface area (Å²) >= 11 is 1.94. The predicted octanol–water partition coefficient (Wildman–Crippen LogP) is 5.05. The molecule has 0 spiro atoms. The van der Waals surface area contributed by atoms with Crippen LogP contribution in [0.15, 0.2) is 41.6 Å². The number of rotatable bonds is 7. The molecule has 1 aromatic heterocycles. The summed E-state index contributed by atoms with van der Waals surface area (Å²) in [4.78, 5) is 27.3. The first kappa shape index (κ1) is 30.3. The summed E-state index contributed by atoms with van der Waals surface area (Å²) in [5.74, 6) is 0.707. The smallest absolute Gasteiger partial charge is 0.282 e. The minimum Gasteiger partial charge on any atom is -0.476 e. The van der Waals surface area contributed by atoms with Gasteiger partial charge in [0.05, 0.1) is 24.1 Å². The topological polar surface area (TPSA) is 75.9 Å². The quantitative estimate of drug-likeness (QED) is 0.392. The molecule has 2 aromatic rings. The maximum Gasteiger partial charge on any atom is 0.282 e. The van der Waals surface area contributed by atoms with Gasteiger partial charge >= 0.3 is 0 Å². The summed E-state index contributed by atoms with van der Waals surface area (Å²) in [5, 5.41) is 9.54. The molecule has 11 heteroatoms. The first-order valence-corrected chi connectivity index (χ1v) is 17.2. The standard InChI is InChI=1S/C34H40F2N6O2S/c1-23(35)33(43)42-15-14-40(21-26(42)8-11-37)32-27-9-13-39(29-6-2-7-30-28(29)5-3-16-45-30)19-24(27)17-31(38-32)44-22-34-10-4-12-41(34)20-25(36)18-34/h2,6-7,17,25-26H,1,3-5,8-10,12-16,18-22H2/t25-,26+,34?/m1/s1. The molecular formula is C34H40F2N6O2S. The zero-order chi connectivity index (χ0) is 31.1. The fourth-order valence-electron chi connectivity index (χ4n) is 8.15. The molecule has 0 radical (unpaired) electrons. The zero-order valence-corrected chi connectivity index (χ0v) is 26.5. The van der Waals surface area contributed by atoms with Gasteiger partial charge in [0.2, 0.25) is 5.88 Å². The Morgan fingerprint density at radius 1 is 1.16 bits per heavy atom. The van der Waals surface area contributed by atoms with E-state index >= 15 is 0 Å². The van der Waals surface area contributed by atoms with Crippen molar-refractivity contribution in [3.05, 3.63) is 53.4 Å². The Labute approximate surface area is 268 Å². The van der Waals surface area contributed by atoms with Gasteiger partial charge in [-0.05, 0) is 67.7 Å². The molecule has 7 rings (SSSR count). The van der Waals surface area contributed by atoms with Crippen molar-refractivity contribution in [3.63, 3.8) is 0 Å². The van der Waals surface area contributed by atoms with Gasteiger partial charge in [0.1, 0.15) is 18.6 Å². The fourth-order valence-corrected chi connectivity index (χ4v) is 9.21. The number of benzene rings is 1. The van der Waals surface area contributed by atoms with Gasteiger partial charge in [-0.15, -0.1) is 11.8 Å². The third-order valence-electron chi connectivity index (χ3n) is 10.3. The highest BCUT2D eigenvalue weighted by molar-refractivity contribution is 7.99. The van der Waals surface area contributed by atoms with Crippen molar-refractivity contribution in [2.45, 2.75) is 74.1 Å². The fraction of sp³-hybridized carbons (Fsp3) is 0.559. The first-order chi connectivity index (χ1) is 21.8. The van der Waals surface area contributed by atoms with Crippen molar-refractivity contribution >= 4 is 29.2 Å². The maximum absolute atomic E-state index is 14.5. The number of amides is 1. The molecule has 6 heterocycles. The van der Waals surface area contributed by atoms with Gasteiger partial charge in [0.15, 0.2) is 5.83 Å². The Morgan fingerprint density at radius 2 is 2.04 bits per heavy atom. The molecule has 1 aromatic carbocycles. The molecule has 0 bridgehead atoms. The van der Waals surface area contributed by atoms with Crippen molar-refractivity contribution in [1.29, 1.82) is 5.26 Å². The van der Waals surface area contributed by atoms with E-state index in [9.17, 15) is 18.8 Å². The molecule has 1 amide bonds. The van der Waals surface area contributed by atoms with E-state index in [1.54, 1.807) is 0 Å². The first-order valence-electron chi connectivity index (χ1n) is 16.2.